The number of amides is 1. The van der Waals surface area contributed by atoms with E-state index in [4.69, 9.17) is 9.47 Å². The molecule has 28 heavy (non-hydrogen) atoms. The molecule has 2 aromatic carbocycles. The first-order valence-corrected chi connectivity index (χ1v) is 11.1. The van der Waals surface area contributed by atoms with Crippen LogP contribution in [0, 0.1) is 10.1 Å². The fourth-order valence-corrected chi connectivity index (χ4v) is 5.42. The number of non-ortho nitro benzene ring substituents is 1. The average Bonchev–Trinajstić information content (AvgIpc) is 3.18. The molecule has 2 atom stereocenters. The number of nitro benzene ring substituents is 1. The molecule has 0 spiro atoms. The summed E-state index contributed by atoms with van der Waals surface area (Å²) in [4.78, 5) is 23.4. The summed E-state index contributed by atoms with van der Waals surface area (Å²) in [5, 5.41) is 23.4. The zero-order valence-corrected chi connectivity index (χ0v) is 17.4. The molecule has 0 saturated heterocycles. The maximum atomic E-state index is 12.8. The van der Waals surface area contributed by atoms with Crippen molar-refractivity contribution in [3.05, 3.63) is 57.6 Å². The van der Waals surface area contributed by atoms with E-state index in [1.165, 1.54) is 12.1 Å². The summed E-state index contributed by atoms with van der Waals surface area (Å²) in [6.45, 7) is 2.46. The van der Waals surface area contributed by atoms with Gasteiger partial charge in [-0.05, 0) is 0 Å². The summed E-state index contributed by atoms with van der Waals surface area (Å²) < 4.78 is 11.5. The zero-order valence-electron chi connectivity index (χ0n) is 15.3. The van der Waals surface area contributed by atoms with Crippen LogP contribution in [0.25, 0.3) is 0 Å². The van der Waals surface area contributed by atoms with Gasteiger partial charge in [-0.2, -0.15) is 0 Å². The quantitative estimate of drug-likeness (QED) is 0.360. The van der Waals surface area contributed by atoms with Crippen molar-refractivity contribution >= 4 is 31.7 Å². The molecule has 3 rings (SSSR count). The molecular formula is C19H21AsN2O6. The fourth-order valence-electron chi connectivity index (χ4n) is 2.78. The summed E-state index contributed by atoms with van der Waals surface area (Å²) in [5.74, 6) is 0.923. The number of hydrogen-bond donors (Lipinski definition) is 2. The van der Waals surface area contributed by atoms with Gasteiger partial charge in [-0.15, -0.1) is 0 Å². The van der Waals surface area contributed by atoms with Gasteiger partial charge in [0, 0.05) is 0 Å². The van der Waals surface area contributed by atoms with E-state index in [0.717, 1.165) is 16.3 Å². The van der Waals surface area contributed by atoms with Gasteiger partial charge in [-0.25, -0.2) is 0 Å². The molecule has 2 N–H and O–H groups in total. The third-order valence-corrected chi connectivity index (χ3v) is 8.08. The number of ether oxygens (including phenoxy) is 2. The number of rotatable bonds is 8. The van der Waals surface area contributed by atoms with Crippen LogP contribution in [0.2, 0.25) is 4.71 Å². The van der Waals surface area contributed by atoms with E-state index in [1.54, 1.807) is 18.2 Å². The first-order valence-electron chi connectivity index (χ1n) is 8.84. The van der Waals surface area contributed by atoms with E-state index < -0.39 is 20.7 Å². The average molecular weight is 448 g/mol. The van der Waals surface area contributed by atoms with Gasteiger partial charge >= 0.3 is 168 Å². The van der Waals surface area contributed by atoms with Crippen molar-refractivity contribution in [3.8, 4) is 11.5 Å². The van der Waals surface area contributed by atoms with Crippen LogP contribution in [0.5, 0.6) is 11.5 Å². The van der Waals surface area contributed by atoms with Crippen LogP contribution in [0.4, 0.5) is 5.69 Å². The molecule has 0 fully saturated rings. The Labute approximate surface area is 168 Å². The first-order chi connectivity index (χ1) is 13.5. The van der Waals surface area contributed by atoms with Crippen molar-refractivity contribution in [2.45, 2.75) is 24.6 Å². The molecule has 0 radical (unpaired) electrons. The van der Waals surface area contributed by atoms with Gasteiger partial charge in [0.15, 0.2) is 0 Å². The second-order valence-corrected chi connectivity index (χ2v) is 9.74. The summed E-state index contributed by atoms with van der Waals surface area (Å²) >= 11 is -0.823. The van der Waals surface area contributed by atoms with Crippen molar-refractivity contribution in [3.63, 3.8) is 0 Å². The molecule has 8 nitrogen and oxygen atoms in total. The maximum absolute atomic E-state index is 12.8. The number of nitrogens with zero attached hydrogens (tertiary/aromatic N) is 1. The van der Waals surface area contributed by atoms with E-state index in [1.807, 2.05) is 13.0 Å². The normalized spacial score (nSPS) is 13.6. The molecular weight excluding hydrogens is 427 g/mol. The van der Waals surface area contributed by atoms with Crippen molar-refractivity contribution in [1.29, 1.82) is 0 Å². The van der Waals surface area contributed by atoms with Gasteiger partial charge in [0.1, 0.15) is 0 Å². The van der Waals surface area contributed by atoms with Crippen LogP contribution in [0.1, 0.15) is 29.3 Å². The van der Waals surface area contributed by atoms with Gasteiger partial charge in [0.25, 0.3) is 0 Å². The topological polar surface area (TPSA) is 111 Å². The number of carbonyl (C=O) groups is 1. The number of aliphatic hydroxyl groups excluding tert-OH is 1. The Morgan fingerprint density at radius 1 is 1.29 bits per heavy atom. The van der Waals surface area contributed by atoms with E-state index in [0.29, 0.717) is 17.1 Å². The van der Waals surface area contributed by atoms with Crippen LogP contribution in [0.3, 0.4) is 0 Å². The Bertz CT molecular complexity index is 885. The third kappa shape index (κ3) is 4.63. The van der Waals surface area contributed by atoms with Gasteiger partial charge < -0.3 is 0 Å². The van der Waals surface area contributed by atoms with Gasteiger partial charge in [-0.3, -0.25) is 0 Å². The van der Waals surface area contributed by atoms with E-state index in [9.17, 15) is 20.0 Å². The van der Waals surface area contributed by atoms with Crippen LogP contribution in [-0.2, 0) is 6.54 Å². The second-order valence-electron chi connectivity index (χ2n) is 6.29. The number of hydrogen-bond acceptors (Lipinski definition) is 6. The van der Waals surface area contributed by atoms with E-state index >= 15 is 0 Å². The van der Waals surface area contributed by atoms with Crippen molar-refractivity contribution in [2.75, 3.05) is 13.4 Å². The van der Waals surface area contributed by atoms with Crippen LogP contribution >= 0.6 is 0 Å². The molecule has 0 aliphatic carbocycles. The predicted octanol–water partition coefficient (Wildman–Crippen LogP) is 1.51. The van der Waals surface area contributed by atoms with Crippen molar-refractivity contribution < 1.29 is 24.3 Å². The number of nitro groups is 1. The molecule has 1 unspecified atom stereocenters. The number of nitrogens with one attached hydrogen (secondary N) is 1. The third-order valence-electron chi connectivity index (χ3n) is 4.42. The van der Waals surface area contributed by atoms with Crippen molar-refractivity contribution in [1.82, 2.24) is 5.32 Å². The Morgan fingerprint density at radius 3 is 2.79 bits per heavy atom. The number of fused-ring (bicyclic) bond motifs is 1. The molecule has 2 aromatic rings. The fraction of sp³-hybridized carbons (Fsp3) is 0.316. The predicted molar refractivity (Wildman–Crippen MR) is 105 cm³/mol. The molecule has 1 aliphatic heterocycles. The summed E-state index contributed by atoms with van der Waals surface area (Å²) in [7, 11) is 0. The summed E-state index contributed by atoms with van der Waals surface area (Å²) in [5.41, 5.74) is 1.02. The molecule has 0 aromatic heterocycles. The Morgan fingerprint density at radius 2 is 2.07 bits per heavy atom. The molecule has 0 bridgehead atoms. The standard InChI is InChI=1S/C19H21AsN2O6/c1-2-13(10-23)20-16-5-4-14(22(25)26)8-15(16)19(24)21-9-12-3-6-17-18(7-12)28-11-27-17/h3-8,13,20,23H,2,9-11H2,1H3,(H,21,24)/t13-/m0/s1. The minimum absolute atomic E-state index is 0.0474. The number of benzene rings is 2. The molecule has 1 amide bonds. The van der Waals surface area contributed by atoms with Crippen molar-refractivity contribution in [2.24, 2.45) is 0 Å². The zero-order chi connectivity index (χ0) is 20.1. The van der Waals surface area contributed by atoms with Gasteiger partial charge in [0.05, 0.1) is 0 Å². The monoisotopic (exact) mass is 448 g/mol. The SMILES string of the molecule is CC[C@@H](CO)[AsH]c1ccc([N+](=O)[O-])cc1C(=O)NCc1ccc2c(c1)OCO2. The number of carbonyl (C=O) groups excluding carboxylic acids is 1. The number of aliphatic hydroxyl groups is 1. The van der Waals surface area contributed by atoms with Gasteiger partial charge in [0.2, 0.25) is 0 Å². The van der Waals surface area contributed by atoms with E-state index in [2.05, 4.69) is 5.32 Å². The minimum atomic E-state index is -0.823. The second kappa shape index (κ2) is 9.08. The first kappa shape index (κ1) is 20.2. The Balaban J connectivity index is 1.78. The Kier molecular flexibility index (Phi) is 6.54. The molecule has 1 aliphatic rings. The molecule has 1 heterocycles. The van der Waals surface area contributed by atoms with Crippen LogP contribution in [-0.4, -0.2) is 45.1 Å². The molecule has 148 valence electrons. The van der Waals surface area contributed by atoms with Crippen LogP contribution in [0.15, 0.2) is 36.4 Å². The van der Waals surface area contributed by atoms with Gasteiger partial charge in [-0.1, -0.05) is 0 Å². The summed E-state index contributed by atoms with van der Waals surface area (Å²) in [6, 6.07) is 9.78. The van der Waals surface area contributed by atoms with Crippen LogP contribution < -0.4 is 19.1 Å². The van der Waals surface area contributed by atoms with E-state index in [-0.39, 0.29) is 36.2 Å². The Hall–Kier alpha value is -2.57. The molecule has 9 heteroatoms. The molecule has 0 saturated carbocycles. The summed E-state index contributed by atoms with van der Waals surface area (Å²) in [6.07, 6.45) is 0.797.